The Bertz CT molecular complexity index is 1060. The second kappa shape index (κ2) is 7.84. The molecule has 0 radical (unpaired) electrons. The van der Waals surface area contributed by atoms with E-state index in [9.17, 15) is 9.90 Å². The lowest BCUT2D eigenvalue weighted by molar-refractivity contribution is 0.121. The van der Waals surface area contributed by atoms with Gasteiger partial charge in [-0.2, -0.15) is 0 Å². The number of fused-ring (bicyclic) bond motifs is 1. The zero-order valence-corrected chi connectivity index (χ0v) is 16.7. The fourth-order valence-electron chi connectivity index (χ4n) is 3.34. The number of ether oxygens (including phenoxy) is 1. The van der Waals surface area contributed by atoms with Gasteiger partial charge in [-0.3, -0.25) is 4.57 Å². The van der Waals surface area contributed by atoms with E-state index >= 15 is 0 Å². The van der Waals surface area contributed by atoms with E-state index in [1.165, 1.54) is 17.8 Å². The van der Waals surface area contributed by atoms with Gasteiger partial charge >= 0.3 is 5.63 Å². The quantitative estimate of drug-likeness (QED) is 0.514. The third-order valence-electron chi connectivity index (χ3n) is 4.88. The average molecular weight is 402 g/mol. The summed E-state index contributed by atoms with van der Waals surface area (Å²) in [7, 11) is 0. The second-order valence-corrected chi connectivity index (χ2v) is 7.53. The Morgan fingerprint density at radius 2 is 2.04 bits per heavy atom. The first kappa shape index (κ1) is 18.8. The van der Waals surface area contributed by atoms with E-state index in [0.717, 1.165) is 41.7 Å². The van der Waals surface area contributed by atoms with Crippen molar-refractivity contribution in [2.45, 2.75) is 31.3 Å². The normalized spacial score (nSPS) is 14.7. The summed E-state index contributed by atoms with van der Waals surface area (Å²) >= 11 is 1.53. The molecule has 1 saturated heterocycles. The Kier molecular flexibility index (Phi) is 5.27. The maximum absolute atomic E-state index is 12.0. The summed E-state index contributed by atoms with van der Waals surface area (Å²) in [4.78, 5) is 14.2. The minimum atomic E-state index is -0.428. The summed E-state index contributed by atoms with van der Waals surface area (Å²) in [6, 6.07) is 4.90. The summed E-state index contributed by atoms with van der Waals surface area (Å²) in [5.74, 6) is 1.51. The number of thioether (sulfide) groups is 1. The van der Waals surface area contributed by atoms with Crippen LogP contribution in [0.15, 0.2) is 32.6 Å². The molecule has 0 atom stereocenters. The zero-order valence-electron chi connectivity index (χ0n) is 15.8. The summed E-state index contributed by atoms with van der Waals surface area (Å²) in [5.41, 5.74) is 1.41. The zero-order chi connectivity index (χ0) is 19.7. The van der Waals surface area contributed by atoms with Gasteiger partial charge in [-0.05, 0) is 31.5 Å². The molecule has 1 aliphatic rings. The predicted octanol–water partition coefficient (Wildman–Crippen LogP) is 2.55. The molecule has 1 N–H and O–H groups in total. The Morgan fingerprint density at radius 3 is 2.79 bits per heavy atom. The van der Waals surface area contributed by atoms with Gasteiger partial charge < -0.3 is 19.2 Å². The molecule has 2 aromatic heterocycles. The van der Waals surface area contributed by atoms with Crippen LogP contribution in [0.2, 0.25) is 0 Å². The lowest BCUT2D eigenvalue weighted by Gasteiger charge is -2.27. The number of anilines is 1. The SMILES string of the molecule is CCn1c(SCc2cc(=O)oc3c(C)c(O)ccc23)nnc1N1CCOCC1. The van der Waals surface area contributed by atoms with E-state index in [-0.39, 0.29) is 5.75 Å². The minimum absolute atomic E-state index is 0.112. The monoisotopic (exact) mass is 402 g/mol. The average Bonchev–Trinajstić information content (AvgIpc) is 3.13. The van der Waals surface area contributed by atoms with Crippen molar-refractivity contribution in [2.75, 3.05) is 31.2 Å². The number of phenolic OH excluding ortho intramolecular Hbond substituents is 1. The fourth-order valence-corrected chi connectivity index (χ4v) is 4.33. The van der Waals surface area contributed by atoms with Crippen molar-refractivity contribution < 1.29 is 14.3 Å². The van der Waals surface area contributed by atoms with E-state index < -0.39 is 5.63 Å². The number of phenols is 1. The molecular formula is C19H22N4O4S. The van der Waals surface area contributed by atoms with Gasteiger partial charge in [0.25, 0.3) is 0 Å². The van der Waals surface area contributed by atoms with Crippen LogP contribution in [0.4, 0.5) is 5.95 Å². The van der Waals surface area contributed by atoms with Crippen molar-refractivity contribution in [1.29, 1.82) is 0 Å². The molecule has 148 valence electrons. The molecule has 3 aromatic rings. The molecule has 8 nitrogen and oxygen atoms in total. The molecule has 0 bridgehead atoms. The number of hydrogen-bond donors (Lipinski definition) is 1. The van der Waals surface area contributed by atoms with Gasteiger partial charge in [-0.1, -0.05) is 11.8 Å². The van der Waals surface area contributed by atoms with Crippen molar-refractivity contribution in [2.24, 2.45) is 0 Å². The van der Waals surface area contributed by atoms with Crippen LogP contribution in [-0.4, -0.2) is 46.2 Å². The highest BCUT2D eigenvalue weighted by atomic mass is 32.2. The molecule has 1 fully saturated rings. The Hall–Kier alpha value is -2.52. The van der Waals surface area contributed by atoms with E-state index in [0.29, 0.717) is 30.1 Å². The number of rotatable bonds is 5. The lowest BCUT2D eigenvalue weighted by atomic mass is 10.1. The van der Waals surface area contributed by atoms with Crippen molar-refractivity contribution in [3.05, 3.63) is 39.7 Å². The number of benzene rings is 1. The maximum Gasteiger partial charge on any atom is 0.336 e. The first-order valence-electron chi connectivity index (χ1n) is 9.22. The van der Waals surface area contributed by atoms with Gasteiger partial charge in [0.05, 0.1) is 13.2 Å². The second-order valence-electron chi connectivity index (χ2n) is 6.59. The van der Waals surface area contributed by atoms with Gasteiger partial charge in [-0.15, -0.1) is 10.2 Å². The van der Waals surface area contributed by atoms with Crippen molar-refractivity contribution >= 4 is 28.7 Å². The first-order valence-corrected chi connectivity index (χ1v) is 10.2. The van der Waals surface area contributed by atoms with Gasteiger partial charge in [0.1, 0.15) is 11.3 Å². The Labute approximate surface area is 166 Å². The van der Waals surface area contributed by atoms with Gasteiger partial charge in [-0.25, -0.2) is 4.79 Å². The van der Waals surface area contributed by atoms with Crippen LogP contribution < -0.4 is 10.5 Å². The van der Waals surface area contributed by atoms with Crippen molar-refractivity contribution in [1.82, 2.24) is 14.8 Å². The fraction of sp³-hybridized carbons (Fsp3) is 0.421. The molecule has 28 heavy (non-hydrogen) atoms. The summed E-state index contributed by atoms with van der Waals surface area (Å²) in [6.45, 7) is 7.54. The Morgan fingerprint density at radius 1 is 1.25 bits per heavy atom. The molecule has 1 aliphatic heterocycles. The smallest absolute Gasteiger partial charge is 0.336 e. The molecule has 0 unspecified atom stereocenters. The highest BCUT2D eigenvalue weighted by Gasteiger charge is 2.20. The highest BCUT2D eigenvalue weighted by Crippen LogP contribution is 2.31. The molecule has 0 spiro atoms. The van der Waals surface area contributed by atoms with Crippen molar-refractivity contribution in [3.63, 3.8) is 0 Å². The van der Waals surface area contributed by atoms with Crippen LogP contribution in [0.25, 0.3) is 11.0 Å². The third-order valence-corrected chi connectivity index (χ3v) is 5.90. The number of aromatic nitrogens is 3. The van der Waals surface area contributed by atoms with Crippen molar-refractivity contribution in [3.8, 4) is 5.75 Å². The summed E-state index contributed by atoms with van der Waals surface area (Å²) in [5, 5.41) is 20.3. The minimum Gasteiger partial charge on any atom is -0.508 e. The molecule has 4 rings (SSSR count). The highest BCUT2D eigenvalue weighted by molar-refractivity contribution is 7.98. The van der Waals surface area contributed by atoms with Gasteiger partial charge in [0.2, 0.25) is 5.95 Å². The van der Waals surface area contributed by atoms with E-state index in [1.54, 1.807) is 19.1 Å². The standard InChI is InChI=1S/C19H22N4O4S/c1-3-23-18(22-6-8-26-9-7-22)20-21-19(23)28-11-13-10-16(25)27-17-12(2)15(24)5-4-14(13)17/h4-5,10,24H,3,6-9,11H2,1-2H3. The van der Waals surface area contributed by atoms with Crippen LogP contribution in [0.5, 0.6) is 5.75 Å². The Balaban J connectivity index is 1.62. The molecule has 1 aromatic carbocycles. The first-order chi connectivity index (χ1) is 13.6. The van der Waals surface area contributed by atoms with E-state index in [1.807, 2.05) is 0 Å². The lowest BCUT2D eigenvalue weighted by Crippen LogP contribution is -2.38. The molecule has 0 amide bonds. The number of aryl methyl sites for hydroxylation is 1. The van der Waals surface area contributed by atoms with Gasteiger partial charge in [0.15, 0.2) is 5.16 Å². The molecule has 3 heterocycles. The topological polar surface area (TPSA) is 93.6 Å². The molecular weight excluding hydrogens is 380 g/mol. The molecule has 0 saturated carbocycles. The predicted molar refractivity (Wildman–Crippen MR) is 107 cm³/mol. The van der Waals surface area contributed by atoms with E-state index in [4.69, 9.17) is 9.15 Å². The number of morpholine rings is 1. The largest absolute Gasteiger partial charge is 0.508 e. The summed E-state index contributed by atoms with van der Waals surface area (Å²) < 4.78 is 12.8. The van der Waals surface area contributed by atoms with Crippen LogP contribution in [0, 0.1) is 6.92 Å². The number of aromatic hydroxyl groups is 1. The van der Waals surface area contributed by atoms with Gasteiger partial charge in [0, 0.05) is 42.4 Å². The van der Waals surface area contributed by atoms with Crippen LogP contribution in [0.3, 0.4) is 0 Å². The van der Waals surface area contributed by atoms with Crippen LogP contribution >= 0.6 is 11.8 Å². The molecule has 0 aliphatic carbocycles. The molecule has 9 heteroatoms. The van der Waals surface area contributed by atoms with Crippen LogP contribution in [-0.2, 0) is 17.0 Å². The van der Waals surface area contributed by atoms with E-state index in [2.05, 4.69) is 26.6 Å². The van der Waals surface area contributed by atoms with Crippen LogP contribution in [0.1, 0.15) is 18.1 Å². The maximum atomic E-state index is 12.0. The summed E-state index contributed by atoms with van der Waals surface area (Å²) in [6.07, 6.45) is 0. The third kappa shape index (κ3) is 3.47. The number of nitrogens with zero attached hydrogens (tertiary/aromatic N) is 4. The number of hydrogen-bond acceptors (Lipinski definition) is 8.